The lowest BCUT2D eigenvalue weighted by Gasteiger charge is -2.06. The molecule has 108 valence electrons. The van der Waals surface area contributed by atoms with Crippen LogP contribution < -0.4 is 5.73 Å². The van der Waals surface area contributed by atoms with Crippen LogP contribution in [-0.2, 0) is 6.42 Å². The quantitative estimate of drug-likeness (QED) is 0.780. The minimum atomic E-state index is -0.248. The van der Waals surface area contributed by atoms with Crippen LogP contribution in [-0.4, -0.2) is 9.55 Å². The number of anilines is 1. The van der Waals surface area contributed by atoms with Gasteiger partial charge in [-0.05, 0) is 37.5 Å². The number of thiophene rings is 1. The molecule has 3 aromatic rings. The van der Waals surface area contributed by atoms with Crippen molar-refractivity contribution >= 4 is 27.4 Å². The lowest BCUT2D eigenvalue weighted by molar-refractivity contribution is 0.629. The highest BCUT2D eigenvalue weighted by molar-refractivity contribution is 7.16. The van der Waals surface area contributed by atoms with Gasteiger partial charge in [0.2, 0.25) is 0 Å². The summed E-state index contributed by atoms with van der Waals surface area (Å²) in [7, 11) is 0. The van der Waals surface area contributed by atoms with Gasteiger partial charge in [-0.15, -0.1) is 11.3 Å². The van der Waals surface area contributed by atoms with E-state index in [0.29, 0.717) is 11.6 Å². The summed E-state index contributed by atoms with van der Waals surface area (Å²) in [5, 5.41) is 0.796. The van der Waals surface area contributed by atoms with E-state index in [1.54, 1.807) is 11.3 Å². The van der Waals surface area contributed by atoms with E-state index in [2.05, 4.69) is 22.5 Å². The second-order valence-electron chi connectivity index (χ2n) is 5.51. The third kappa shape index (κ3) is 2.03. The molecule has 2 aromatic heterocycles. The predicted octanol–water partition coefficient (Wildman–Crippen LogP) is 4.38. The van der Waals surface area contributed by atoms with Crippen LogP contribution in [0.1, 0.15) is 30.7 Å². The molecule has 2 N–H and O–H groups in total. The Balaban J connectivity index is 1.98. The molecule has 3 nitrogen and oxygen atoms in total. The Hall–Kier alpha value is -1.88. The van der Waals surface area contributed by atoms with Crippen molar-refractivity contribution in [3.63, 3.8) is 0 Å². The highest BCUT2D eigenvalue weighted by atomic mass is 32.1. The second-order valence-corrected chi connectivity index (χ2v) is 6.68. The Morgan fingerprint density at radius 3 is 2.86 bits per heavy atom. The van der Waals surface area contributed by atoms with Crippen LogP contribution in [0.25, 0.3) is 22.4 Å². The molecule has 5 heteroatoms. The molecule has 0 amide bonds. The number of fused-ring (bicyclic) bond motifs is 1. The summed E-state index contributed by atoms with van der Waals surface area (Å²) in [6.07, 6.45) is 3.27. The molecule has 2 heterocycles. The first-order valence-electron chi connectivity index (χ1n) is 7.23. The number of halogens is 1. The molecule has 1 saturated carbocycles. The van der Waals surface area contributed by atoms with Crippen molar-refractivity contribution < 1.29 is 4.39 Å². The number of nitrogens with two attached hydrogens (primary N) is 1. The molecule has 21 heavy (non-hydrogen) atoms. The minimum absolute atomic E-state index is 0.248. The van der Waals surface area contributed by atoms with Crippen LogP contribution in [0.15, 0.2) is 24.3 Å². The average molecular weight is 301 g/mol. The molecular formula is C16H16FN3S. The Morgan fingerprint density at radius 2 is 2.19 bits per heavy atom. The van der Waals surface area contributed by atoms with Crippen molar-refractivity contribution in [2.45, 2.75) is 32.2 Å². The van der Waals surface area contributed by atoms with E-state index in [1.165, 1.54) is 17.0 Å². The van der Waals surface area contributed by atoms with E-state index in [9.17, 15) is 4.39 Å². The lowest BCUT2D eigenvalue weighted by atomic mass is 10.2. The van der Waals surface area contributed by atoms with Gasteiger partial charge in [-0.25, -0.2) is 9.37 Å². The average Bonchev–Trinajstić information content (AvgIpc) is 3.13. The minimum Gasteiger partial charge on any atom is -0.390 e. The molecule has 1 aliphatic rings. The fourth-order valence-corrected chi connectivity index (χ4v) is 3.63. The fraction of sp³-hybridized carbons (Fsp3) is 0.312. The molecule has 0 aliphatic heterocycles. The van der Waals surface area contributed by atoms with Gasteiger partial charge in [0.25, 0.3) is 0 Å². The van der Waals surface area contributed by atoms with E-state index < -0.39 is 0 Å². The number of rotatable bonds is 3. The van der Waals surface area contributed by atoms with Crippen molar-refractivity contribution in [1.29, 1.82) is 0 Å². The monoisotopic (exact) mass is 301 g/mol. The number of aromatic nitrogens is 2. The number of nitrogen functional groups attached to an aromatic ring is 1. The molecule has 0 saturated heterocycles. The van der Waals surface area contributed by atoms with Crippen molar-refractivity contribution in [3.8, 4) is 11.4 Å². The number of hydrogen-bond acceptors (Lipinski definition) is 3. The molecule has 0 bridgehead atoms. The van der Waals surface area contributed by atoms with Gasteiger partial charge in [0.05, 0.1) is 21.6 Å². The standard InChI is InChI=1S/C16H16FN3S/c1-2-11-8-12(15(18)21-11)16-19-13-7-9(17)3-6-14(13)20(16)10-4-5-10/h3,6-8,10H,2,4-5,18H2,1H3. The van der Waals surface area contributed by atoms with E-state index >= 15 is 0 Å². The van der Waals surface area contributed by atoms with Crippen molar-refractivity contribution in [1.82, 2.24) is 9.55 Å². The van der Waals surface area contributed by atoms with Crippen LogP contribution in [0.3, 0.4) is 0 Å². The summed E-state index contributed by atoms with van der Waals surface area (Å²) in [5.74, 6) is 0.633. The van der Waals surface area contributed by atoms with Crippen molar-refractivity contribution in [2.75, 3.05) is 5.73 Å². The van der Waals surface area contributed by atoms with Crippen LogP contribution in [0.4, 0.5) is 9.39 Å². The summed E-state index contributed by atoms with van der Waals surface area (Å²) < 4.78 is 15.7. The first kappa shape index (κ1) is 12.8. The Bertz CT molecular complexity index is 830. The highest BCUT2D eigenvalue weighted by Crippen LogP contribution is 2.43. The van der Waals surface area contributed by atoms with E-state index in [-0.39, 0.29) is 5.82 Å². The highest BCUT2D eigenvalue weighted by Gasteiger charge is 2.29. The molecule has 4 rings (SSSR count). The number of imidazole rings is 1. The van der Waals surface area contributed by atoms with Crippen LogP contribution in [0.5, 0.6) is 0 Å². The topological polar surface area (TPSA) is 43.8 Å². The molecule has 0 spiro atoms. The SMILES string of the molecule is CCc1cc(-c2nc3cc(F)ccc3n2C2CC2)c(N)s1. The predicted molar refractivity (Wildman–Crippen MR) is 85.1 cm³/mol. The van der Waals surface area contributed by atoms with Gasteiger partial charge in [0.1, 0.15) is 11.6 Å². The molecule has 1 aliphatic carbocycles. The summed E-state index contributed by atoms with van der Waals surface area (Å²) >= 11 is 1.61. The zero-order valence-electron chi connectivity index (χ0n) is 11.8. The lowest BCUT2D eigenvalue weighted by Crippen LogP contribution is -1.98. The molecule has 0 atom stereocenters. The molecular weight excluding hydrogens is 285 g/mol. The second kappa shape index (κ2) is 4.56. The summed E-state index contributed by atoms with van der Waals surface area (Å²) in [6.45, 7) is 2.12. The third-order valence-corrected chi connectivity index (χ3v) is 5.07. The van der Waals surface area contributed by atoms with Gasteiger partial charge in [-0.3, -0.25) is 0 Å². The fourth-order valence-electron chi connectivity index (χ4n) is 2.77. The summed E-state index contributed by atoms with van der Waals surface area (Å²) in [6, 6.07) is 7.42. The van der Waals surface area contributed by atoms with Gasteiger partial charge < -0.3 is 10.3 Å². The Morgan fingerprint density at radius 1 is 1.38 bits per heavy atom. The molecule has 1 aromatic carbocycles. The van der Waals surface area contributed by atoms with Crippen LogP contribution in [0, 0.1) is 5.82 Å². The molecule has 0 radical (unpaired) electrons. The normalized spacial score (nSPS) is 15.0. The van der Waals surface area contributed by atoms with E-state index in [4.69, 9.17) is 5.73 Å². The number of benzene rings is 1. The summed E-state index contributed by atoms with van der Waals surface area (Å²) in [4.78, 5) is 5.92. The maximum atomic E-state index is 13.5. The zero-order chi connectivity index (χ0) is 14.6. The van der Waals surface area contributed by atoms with E-state index in [0.717, 1.165) is 41.2 Å². The van der Waals surface area contributed by atoms with Gasteiger partial charge in [0.15, 0.2) is 0 Å². The van der Waals surface area contributed by atoms with Crippen LogP contribution in [0.2, 0.25) is 0 Å². The summed E-state index contributed by atoms with van der Waals surface area (Å²) in [5.41, 5.74) is 8.87. The Labute approximate surface area is 126 Å². The largest absolute Gasteiger partial charge is 0.390 e. The first-order chi connectivity index (χ1) is 10.2. The zero-order valence-corrected chi connectivity index (χ0v) is 12.6. The van der Waals surface area contributed by atoms with Crippen molar-refractivity contribution in [3.05, 3.63) is 35.0 Å². The molecule has 0 unspecified atom stereocenters. The third-order valence-electron chi connectivity index (χ3n) is 3.96. The van der Waals surface area contributed by atoms with Gasteiger partial charge in [0, 0.05) is 17.0 Å². The maximum Gasteiger partial charge on any atom is 0.144 e. The molecule has 1 fully saturated rings. The number of hydrogen-bond donors (Lipinski definition) is 1. The van der Waals surface area contributed by atoms with Crippen molar-refractivity contribution in [2.24, 2.45) is 0 Å². The van der Waals surface area contributed by atoms with Gasteiger partial charge in [-0.1, -0.05) is 6.92 Å². The van der Waals surface area contributed by atoms with Gasteiger partial charge in [-0.2, -0.15) is 0 Å². The first-order valence-corrected chi connectivity index (χ1v) is 8.05. The van der Waals surface area contributed by atoms with Crippen LogP contribution >= 0.6 is 11.3 Å². The Kier molecular flexibility index (Phi) is 2.79. The smallest absolute Gasteiger partial charge is 0.144 e. The number of nitrogens with zero attached hydrogens (tertiary/aromatic N) is 2. The van der Waals surface area contributed by atoms with E-state index in [1.807, 2.05) is 6.07 Å². The van der Waals surface area contributed by atoms with Gasteiger partial charge >= 0.3 is 0 Å². The number of aryl methyl sites for hydroxylation is 1. The maximum absolute atomic E-state index is 13.5.